The van der Waals surface area contributed by atoms with Gasteiger partial charge in [0.15, 0.2) is 5.78 Å². The number of nitrogens with zero attached hydrogens (tertiary/aromatic N) is 1. The van der Waals surface area contributed by atoms with Gasteiger partial charge >= 0.3 is 12.1 Å². The van der Waals surface area contributed by atoms with Crippen molar-refractivity contribution < 1.29 is 101 Å². The lowest BCUT2D eigenvalue weighted by atomic mass is 9.80. The Kier molecular flexibility index (Phi) is 37.1. The number of esters is 1. The molecule has 6 N–H and O–H groups in total. The number of carbonyl (C=O) groups excluding carboxylic acids is 6. The molecule has 24 heteroatoms. The fourth-order valence-electron chi connectivity index (χ4n) is 11.7. The summed E-state index contributed by atoms with van der Waals surface area (Å²) in [6.45, 7) is 18.6. The Morgan fingerprint density at radius 1 is 0.722 bits per heavy atom. The number of nitrogens with one attached hydrogen (secondary N) is 1. The second-order valence-corrected chi connectivity index (χ2v) is 24.2. The van der Waals surface area contributed by atoms with Crippen molar-refractivity contribution in [2.24, 2.45) is 35.3 Å². The van der Waals surface area contributed by atoms with Gasteiger partial charge in [-0.1, -0.05) is 64.2 Å². The van der Waals surface area contributed by atoms with Crippen LogP contribution in [0.25, 0.3) is 0 Å². The van der Waals surface area contributed by atoms with E-state index in [9.17, 15) is 44.1 Å². The minimum Gasteiger partial charge on any atom is -0.459 e. The zero-order valence-corrected chi connectivity index (χ0v) is 55.1. The molecule has 3 heterocycles. The molecule has 3 fully saturated rings. The van der Waals surface area contributed by atoms with E-state index in [1.165, 1.54) is 20.1 Å². The van der Waals surface area contributed by atoms with Crippen LogP contribution in [0.1, 0.15) is 126 Å². The fraction of sp³-hybridized carbons (Fsp3) is 0.788. The third-order valence-corrected chi connectivity index (χ3v) is 17.2. The number of aliphatic hydroxyl groups is 3. The molecule has 4 rings (SSSR count). The van der Waals surface area contributed by atoms with E-state index in [4.69, 9.17) is 62.6 Å². The molecule has 15 atom stereocenters. The van der Waals surface area contributed by atoms with E-state index in [0.29, 0.717) is 137 Å². The van der Waals surface area contributed by atoms with E-state index < -0.39 is 120 Å². The third kappa shape index (κ3) is 26.9. The second-order valence-electron chi connectivity index (χ2n) is 24.2. The number of alkyl carbamates (subject to hydrolysis) is 1. The van der Waals surface area contributed by atoms with Crippen molar-refractivity contribution in [2.75, 3.05) is 120 Å². The van der Waals surface area contributed by atoms with Gasteiger partial charge in [-0.25, -0.2) is 9.59 Å². The van der Waals surface area contributed by atoms with Crippen molar-refractivity contribution in [3.63, 3.8) is 0 Å². The van der Waals surface area contributed by atoms with Gasteiger partial charge in [-0.3, -0.25) is 19.2 Å². The van der Waals surface area contributed by atoms with E-state index in [1.807, 2.05) is 51.2 Å². The molecule has 90 heavy (non-hydrogen) atoms. The van der Waals surface area contributed by atoms with Crippen molar-refractivity contribution >= 4 is 35.3 Å². The molecule has 2 unspecified atom stereocenters. The largest absolute Gasteiger partial charge is 0.459 e. The van der Waals surface area contributed by atoms with Crippen LogP contribution in [0.5, 0.6) is 0 Å². The van der Waals surface area contributed by atoms with E-state index in [0.717, 1.165) is 10.5 Å². The molecule has 3 aliphatic heterocycles. The van der Waals surface area contributed by atoms with Gasteiger partial charge in [0.1, 0.15) is 36.2 Å². The number of carbonyl (C=O) groups is 6. The van der Waals surface area contributed by atoms with Gasteiger partial charge in [-0.15, -0.1) is 0 Å². The highest BCUT2D eigenvalue weighted by Gasteiger charge is 2.53. The van der Waals surface area contributed by atoms with Gasteiger partial charge in [0.2, 0.25) is 5.79 Å². The van der Waals surface area contributed by atoms with Crippen LogP contribution in [0.15, 0.2) is 47.6 Å². The summed E-state index contributed by atoms with van der Waals surface area (Å²) in [5.74, 6) is -9.18. The van der Waals surface area contributed by atoms with Crippen LogP contribution in [-0.2, 0) is 80.8 Å². The summed E-state index contributed by atoms with van der Waals surface area (Å²) < 4.78 is 68.1. The molecule has 1 aliphatic carbocycles. The van der Waals surface area contributed by atoms with Gasteiger partial charge in [0.25, 0.3) is 11.7 Å². The highest BCUT2D eigenvalue weighted by atomic mass is 16.6. The number of aliphatic hydroxyl groups excluding tert-OH is 2. The van der Waals surface area contributed by atoms with Crippen LogP contribution < -0.4 is 11.1 Å². The van der Waals surface area contributed by atoms with Gasteiger partial charge in [0.05, 0.1) is 104 Å². The molecule has 4 aliphatic rings. The summed E-state index contributed by atoms with van der Waals surface area (Å²) in [4.78, 5) is 85.2. The van der Waals surface area contributed by atoms with Gasteiger partial charge in [0, 0.05) is 70.6 Å². The Hall–Kier alpha value is -4.38. The van der Waals surface area contributed by atoms with Crippen LogP contribution in [0.3, 0.4) is 0 Å². The number of hydrogen-bond donors (Lipinski definition) is 5. The molecule has 0 radical (unpaired) electrons. The molecule has 0 aromatic carbocycles. The predicted octanol–water partition coefficient (Wildman–Crippen LogP) is 5.09. The van der Waals surface area contributed by atoms with Crippen molar-refractivity contribution in [1.82, 2.24) is 10.2 Å². The average molecular weight is 1280 g/mol. The number of fused-ring (bicyclic) bond motifs is 3. The van der Waals surface area contributed by atoms with Crippen LogP contribution in [0.4, 0.5) is 4.79 Å². The maximum absolute atomic E-state index is 14.6. The Labute approximate surface area is 533 Å². The summed E-state index contributed by atoms with van der Waals surface area (Å²) in [7, 11) is 3.07. The number of ketones is 3. The van der Waals surface area contributed by atoms with Crippen molar-refractivity contribution in [2.45, 2.75) is 186 Å². The average Bonchev–Trinajstić information content (AvgIpc) is 0.874. The van der Waals surface area contributed by atoms with Crippen LogP contribution in [-0.4, -0.2) is 236 Å². The zero-order valence-electron chi connectivity index (χ0n) is 55.1. The number of hydrogen-bond acceptors (Lipinski definition) is 22. The van der Waals surface area contributed by atoms with Crippen molar-refractivity contribution in [1.29, 1.82) is 0 Å². The van der Waals surface area contributed by atoms with E-state index >= 15 is 0 Å². The minimum atomic E-state index is -2.50. The lowest BCUT2D eigenvalue weighted by Crippen LogP contribution is -2.61. The smallest absolute Gasteiger partial charge is 0.407 e. The SMILES string of the molecule is CCOCCOCCOCCOCCOCCOCCOCCNC(=O)O[C@@H]1CCC(C[C@@H](N)C2CC(=O)[C@H](C)/C=C(\C)[C@@H](O)[C@@H](O)C(=O)[C@H](C)C[C@H](C)/C=C/C=C/C=C(\C)[C@@H](OC)C[C@@H]3CC[C@@H](C)[C@@](O)(O3)C(=O)C(=O)N3CCCC[C@H]3C(=O)O2)C[C@H]1OC. The third-order valence-electron chi connectivity index (χ3n) is 17.2. The number of cyclic esters (lactones) is 1. The molecule has 2 bridgehead atoms. The lowest BCUT2D eigenvalue weighted by molar-refractivity contribution is -0.265. The first-order valence-electron chi connectivity index (χ1n) is 32.5. The van der Waals surface area contributed by atoms with Crippen LogP contribution >= 0.6 is 0 Å². The van der Waals surface area contributed by atoms with Crippen molar-refractivity contribution in [3.05, 3.63) is 47.6 Å². The molecule has 0 spiro atoms. The van der Waals surface area contributed by atoms with Crippen LogP contribution in [0, 0.1) is 29.6 Å². The Morgan fingerprint density at radius 2 is 1.33 bits per heavy atom. The number of allylic oxidation sites excluding steroid dienone is 6. The Morgan fingerprint density at radius 3 is 1.93 bits per heavy atom. The van der Waals surface area contributed by atoms with Gasteiger partial charge in [-0.2, -0.15) is 0 Å². The molecule has 2 amide bonds. The standard InChI is InChI=1S/C66H109N3O21/c1-10-81-26-27-83-30-31-85-34-35-87-37-36-86-33-32-84-29-28-82-25-23-68-65(77)89-55-22-20-50(41-58(55)80-9)40-52(67)57-43-54(70)46(4)39-48(6)60(72)61(73)59(71)47(5)38-44(2)16-12-11-13-17-45(3)56(79-8)42-51-21-19-49(7)66(78,90-51)62(74)63(75)69-24-15-14-18-53(69)64(76)88-57/h11-13,16-17,39,44,46-47,49-53,55-58,60-61,72-73,78H,10,14-15,18-38,40-43,67H2,1-9H3,(H,68,77)/b13-11+,16-12+,45-17+,48-39+/t44-,46-,47-,49-,50?,51+,52-,53+,55-,56+,57?,58-,60-,61+,66-/m1/s1. The number of amides is 2. The molecule has 2 saturated heterocycles. The summed E-state index contributed by atoms with van der Waals surface area (Å²) in [6, 6.07) is -2.22. The van der Waals surface area contributed by atoms with Crippen molar-refractivity contribution in [3.8, 4) is 0 Å². The maximum atomic E-state index is 14.6. The Bertz CT molecular complexity index is 2280. The number of Topliss-reactive ketones (excluding diaryl/α,β-unsaturated/α-hetero) is 3. The first-order chi connectivity index (χ1) is 43.1. The summed E-state index contributed by atoms with van der Waals surface area (Å²) in [6.07, 6.45) is 7.06. The first kappa shape index (κ1) is 78.1. The van der Waals surface area contributed by atoms with Gasteiger partial charge < -0.3 is 88.1 Å². The number of methoxy groups -OCH3 is 2. The quantitative estimate of drug-likeness (QED) is 0.0295. The number of ether oxygens (including phenoxy) is 12. The van der Waals surface area contributed by atoms with E-state index in [-0.39, 0.29) is 56.4 Å². The summed E-state index contributed by atoms with van der Waals surface area (Å²) in [5, 5.41) is 37.1. The highest BCUT2D eigenvalue weighted by molar-refractivity contribution is 6.39. The summed E-state index contributed by atoms with van der Waals surface area (Å²) >= 11 is 0. The molecule has 0 aromatic heterocycles. The summed E-state index contributed by atoms with van der Waals surface area (Å²) in [5.41, 5.74) is 8.00. The molecule has 0 aromatic rings. The Balaban J connectivity index is 1.37. The molecule has 514 valence electrons. The number of piperidine rings is 1. The highest BCUT2D eigenvalue weighted by Crippen LogP contribution is 2.37. The zero-order chi connectivity index (χ0) is 66.0. The maximum Gasteiger partial charge on any atom is 0.407 e. The van der Waals surface area contributed by atoms with E-state index in [1.54, 1.807) is 27.9 Å². The first-order valence-corrected chi connectivity index (χ1v) is 32.5. The van der Waals surface area contributed by atoms with E-state index in [2.05, 4.69) is 5.32 Å². The molecular formula is C66H109N3O21. The fourth-order valence-corrected chi connectivity index (χ4v) is 11.7. The predicted molar refractivity (Wildman–Crippen MR) is 333 cm³/mol. The molecule has 1 saturated carbocycles. The second kappa shape index (κ2) is 42.8. The van der Waals surface area contributed by atoms with Crippen LogP contribution in [0.2, 0.25) is 0 Å². The number of rotatable bonds is 28. The lowest BCUT2D eigenvalue weighted by Gasteiger charge is -2.42. The normalized spacial score (nSPS) is 32.4. The molecule has 24 nitrogen and oxygen atoms in total. The van der Waals surface area contributed by atoms with Gasteiger partial charge in [-0.05, 0) is 108 Å². The topological polar surface area (TPSA) is 315 Å². The number of nitrogens with two attached hydrogens (primary N) is 1. The monoisotopic (exact) mass is 1280 g/mol. The molecular weight excluding hydrogens is 1170 g/mol. The minimum absolute atomic E-state index is 0.00842.